The fourth-order valence-corrected chi connectivity index (χ4v) is 8.64. The van der Waals surface area contributed by atoms with Gasteiger partial charge in [-0.15, -0.1) is 0 Å². The molecule has 0 nitrogen and oxygen atoms in total. The van der Waals surface area contributed by atoms with Crippen molar-refractivity contribution in [3.63, 3.8) is 0 Å². The van der Waals surface area contributed by atoms with E-state index in [4.69, 9.17) is 0 Å². The standard InChI is InChI=1S/C19H26P2S2/c22-16-14-20(18-8-3-1-4-9-18)12-7-13-21(15-17-23)19-10-5-2-6-11-19/h1-6,8-11,22-23H,7,12-17H2. The number of thiol groups is 2. The highest BCUT2D eigenvalue weighted by Gasteiger charge is 2.13. The lowest BCUT2D eigenvalue weighted by atomic mass is 10.4. The molecule has 0 amide bonds. The predicted octanol–water partition coefficient (Wildman–Crippen LogP) is 4.85. The summed E-state index contributed by atoms with van der Waals surface area (Å²) in [6, 6.07) is 22.1. The molecule has 0 aliphatic heterocycles. The van der Waals surface area contributed by atoms with Crippen LogP contribution < -0.4 is 10.6 Å². The third-order valence-electron chi connectivity index (χ3n) is 3.84. The minimum absolute atomic E-state index is 0.0498. The van der Waals surface area contributed by atoms with E-state index in [0.29, 0.717) is 0 Å². The van der Waals surface area contributed by atoms with Gasteiger partial charge in [0.05, 0.1) is 0 Å². The lowest BCUT2D eigenvalue weighted by Crippen LogP contribution is -2.10. The van der Waals surface area contributed by atoms with Gasteiger partial charge in [-0.2, -0.15) is 25.3 Å². The van der Waals surface area contributed by atoms with E-state index in [0.717, 1.165) is 11.5 Å². The summed E-state index contributed by atoms with van der Waals surface area (Å²) in [4.78, 5) is 0. The van der Waals surface area contributed by atoms with Crippen LogP contribution in [-0.2, 0) is 0 Å². The number of benzene rings is 2. The Labute approximate surface area is 154 Å². The van der Waals surface area contributed by atoms with Gasteiger partial charge in [0, 0.05) is 0 Å². The van der Waals surface area contributed by atoms with Crippen LogP contribution in [0.2, 0.25) is 0 Å². The molecule has 0 saturated carbocycles. The Morgan fingerprint density at radius 3 is 1.30 bits per heavy atom. The Balaban J connectivity index is 1.92. The highest BCUT2D eigenvalue weighted by molar-refractivity contribution is 7.81. The number of hydrogen-bond donors (Lipinski definition) is 2. The highest BCUT2D eigenvalue weighted by Crippen LogP contribution is 2.40. The minimum Gasteiger partial charge on any atom is -0.179 e. The number of rotatable bonds is 10. The average Bonchev–Trinajstić information content (AvgIpc) is 2.61. The Kier molecular flexibility index (Phi) is 9.69. The summed E-state index contributed by atoms with van der Waals surface area (Å²) in [5, 5.41) is 3.07. The van der Waals surface area contributed by atoms with Gasteiger partial charge in [-0.3, -0.25) is 0 Å². The van der Waals surface area contributed by atoms with Gasteiger partial charge in [0.2, 0.25) is 0 Å². The van der Waals surface area contributed by atoms with E-state index < -0.39 is 0 Å². The topological polar surface area (TPSA) is 0 Å². The Morgan fingerprint density at radius 1 is 0.565 bits per heavy atom. The smallest absolute Gasteiger partial charge is 0.00555 e. The van der Waals surface area contributed by atoms with Crippen molar-refractivity contribution in [3.05, 3.63) is 60.7 Å². The Bertz CT molecular complexity index is 484. The molecule has 0 saturated heterocycles. The summed E-state index contributed by atoms with van der Waals surface area (Å²) in [6.07, 6.45) is 6.45. The van der Waals surface area contributed by atoms with E-state index >= 15 is 0 Å². The molecule has 4 heteroatoms. The SMILES string of the molecule is SCCP(CCCP(CCS)c1ccccc1)c1ccccc1. The van der Waals surface area contributed by atoms with Crippen molar-refractivity contribution in [2.24, 2.45) is 0 Å². The molecule has 0 aliphatic rings. The molecular formula is C19H26P2S2. The van der Waals surface area contributed by atoms with Crippen LogP contribution >= 0.6 is 41.1 Å². The summed E-state index contributed by atoms with van der Waals surface area (Å²) < 4.78 is 0. The summed E-state index contributed by atoms with van der Waals surface area (Å²) in [7, 11) is -0.0996. The zero-order valence-corrected chi connectivity index (χ0v) is 17.1. The Morgan fingerprint density at radius 2 is 0.957 bits per heavy atom. The van der Waals surface area contributed by atoms with E-state index in [-0.39, 0.29) is 15.8 Å². The van der Waals surface area contributed by atoms with Crippen molar-refractivity contribution in [1.82, 2.24) is 0 Å². The molecule has 2 aromatic carbocycles. The van der Waals surface area contributed by atoms with Gasteiger partial charge >= 0.3 is 0 Å². The maximum absolute atomic E-state index is 4.47. The molecule has 23 heavy (non-hydrogen) atoms. The minimum atomic E-state index is -0.0498. The van der Waals surface area contributed by atoms with E-state index in [9.17, 15) is 0 Å². The third-order valence-corrected chi connectivity index (χ3v) is 10.3. The van der Waals surface area contributed by atoms with Crippen molar-refractivity contribution in [3.8, 4) is 0 Å². The quantitative estimate of drug-likeness (QED) is 0.427. The van der Waals surface area contributed by atoms with Gasteiger partial charge in [-0.25, -0.2) is 0 Å². The second-order valence-electron chi connectivity index (χ2n) is 5.45. The van der Waals surface area contributed by atoms with Gasteiger partial charge in [-0.05, 0) is 53.2 Å². The van der Waals surface area contributed by atoms with Crippen molar-refractivity contribution in [2.45, 2.75) is 6.42 Å². The number of hydrogen-bond acceptors (Lipinski definition) is 2. The normalized spacial score (nSPS) is 13.7. The zero-order chi connectivity index (χ0) is 16.3. The van der Waals surface area contributed by atoms with E-state index in [1.54, 1.807) is 0 Å². The molecule has 2 aromatic rings. The van der Waals surface area contributed by atoms with E-state index in [2.05, 4.69) is 85.9 Å². The lowest BCUT2D eigenvalue weighted by molar-refractivity contribution is 1.10. The van der Waals surface area contributed by atoms with E-state index in [1.165, 1.54) is 41.7 Å². The first-order chi connectivity index (χ1) is 11.3. The lowest BCUT2D eigenvalue weighted by Gasteiger charge is -2.21. The predicted molar refractivity (Wildman–Crippen MR) is 118 cm³/mol. The second kappa shape index (κ2) is 11.5. The first kappa shape index (κ1) is 19.3. The van der Waals surface area contributed by atoms with Crippen LogP contribution in [0.1, 0.15) is 6.42 Å². The van der Waals surface area contributed by atoms with Crippen LogP contribution in [0.4, 0.5) is 0 Å². The molecule has 0 N–H and O–H groups in total. The molecule has 2 rings (SSSR count). The summed E-state index contributed by atoms with van der Waals surface area (Å²) >= 11 is 8.95. The molecule has 0 heterocycles. The van der Waals surface area contributed by atoms with Crippen molar-refractivity contribution in [2.75, 3.05) is 36.2 Å². The molecule has 0 fully saturated rings. The van der Waals surface area contributed by atoms with Gasteiger partial charge in [0.15, 0.2) is 0 Å². The van der Waals surface area contributed by atoms with Crippen molar-refractivity contribution >= 4 is 51.7 Å². The largest absolute Gasteiger partial charge is 0.179 e. The molecule has 0 aliphatic carbocycles. The maximum Gasteiger partial charge on any atom is -0.00555 e. The molecule has 0 spiro atoms. The molecule has 2 atom stereocenters. The summed E-state index contributed by atoms with van der Waals surface area (Å²) in [6.45, 7) is 0. The van der Waals surface area contributed by atoms with Gasteiger partial charge in [-0.1, -0.05) is 76.5 Å². The molecule has 0 aromatic heterocycles. The van der Waals surface area contributed by atoms with Gasteiger partial charge < -0.3 is 0 Å². The first-order valence-corrected chi connectivity index (χ1v) is 12.9. The van der Waals surface area contributed by atoms with Crippen LogP contribution in [0.15, 0.2) is 60.7 Å². The first-order valence-electron chi connectivity index (χ1n) is 8.17. The van der Waals surface area contributed by atoms with Crippen molar-refractivity contribution in [1.29, 1.82) is 0 Å². The van der Waals surface area contributed by atoms with Gasteiger partial charge in [0.25, 0.3) is 0 Å². The van der Waals surface area contributed by atoms with Crippen LogP contribution in [0.3, 0.4) is 0 Å². The zero-order valence-electron chi connectivity index (χ0n) is 13.5. The fourth-order valence-electron chi connectivity index (χ4n) is 2.71. The Hall–Kier alpha value is 0.000000000000000444. The summed E-state index contributed by atoms with van der Waals surface area (Å²) in [5.74, 6) is 1.98. The average molecular weight is 380 g/mol. The van der Waals surface area contributed by atoms with E-state index in [1.807, 2.05) is 0 Å². The van der Waals surface area contributed by atoms with Crippen LogP contribution in [0.25, 0.3) is 0 Å². The monoisotopic (exact) mass is 380 g/mol. The summed E-state index contributed by atoms with van der Waals surface area (Å²) in [5.41, 5.74) is 0. The molecule has 2 unspecified atom stereocenters. The van der Waals surface area contributed by atoms with Crippen LogP contribution in [0.5, 0.6) is 0 Å². The van der Waals surface area contributed by atoms with Crippen molar-refractivity contribution < 1.29 is 0 Å². The third kappa shape index (κ3) is 6.79. The molecule has 0 bridgehead atoms. The maximum atomic E-state index is 4.47. The van der Waals surface area contributed by atoms with Crippen LogP contribution in [0, 0.1) is 0 Å². The fraction of sp³-hybridized carbons (Fsp3) is 0.368. The molecular weight excluding hydrogens is 354 g/mol. The second-order valence-corrected chi connectivity index (χ2v) is 11.3. The highest BCUT2D eigenvalue weighted by atomic mass is 32.1. The van der Waals surface area contributed by atoms with Crippen LogP contribution in [-0.4, -0.2) is 36.2 Å². The van der Waals surface area contributed by atoms with Gasteiger partial charge in [0.1, 0.15) is 0 Å². The molecule has 0 radical (unpaired) electrons. The molecule has 124 valence electrons.